The molecule has 1 aliphatic rings. The van der Waals surface area contributed by atoms with E-state index in [9.17, 15) is 10.5 Å². The van der Waals surface area contributed by atoms with E-state index >= 15 is 0 Å². The summed E-state index contributed by atoms with van der Waals surface area (Å²) in [5.41, 5.74) is 4.62. The zero-order valence-electron chi connectivity index (χ0n) is 16.7. The van der Waals surface area contributed by atoms with E-state index in [4.69, 9.17) is 10.1 Å². The summed E-state index contributed by atoms with van der Waals surface area (Å²) < 4.78 is 5.42. The molecular formula is C21H19N9. The Balaban J connectivity index is 1.64. The molecule has 0 unspecified atom stereocenters. The molecule has 0 radical (unpaired) electrons. The Morgan fingerprint density at radius 1 is 1.20 bits per heavy atom. The first-order valence-electron chi connectivity index (χ1n) is 9.70. The Labute approximate surface area is 172 Å². The first-order valence-corrected chi connectivity index (χ1v) is 9.70. The number of fused-ring (bicyclic) bond motifs is 1. The summed E-state index contributed by atoms with van der Waals surface area (Å²) in [6.07, 6.45) is 10.9. The topological polar surface area (TPSA) is 113 Å². The second-order valence-electron chi connectivity index (χ2n) is 7.90. The molecule has 0 spiro atoms. The molecule has 148 valence electrons. The van der Waals surface area contributed by atoms with E-state index < -0.39 is 5.54 Å². The van der Waals surface area contributed by atoms with Crippen LogP contribution in [0.2, 0.25) is 0 Å². The van der Waals surface area contributed by atoms with Crippen LogP contribution in [0.5, 0.6) is 0 Å². The van der Waals surface area contributed by atoms with Gasteiger partial charge >= 0.3 is 0 Å². The summed E-state index contributed by atoms with van der Waals surface area (Å²) in [7, 11) is 1.87. The van der Waals surface area contributed by atoms with Gasteiger partial charge in [0.1, 0.15) is 5.69 Å². The molecule has 1 aliphatic carbocycles. The monoisotopic (exact) mass is 397 g/mol. The van der Waals surface area contributed by atoms with Crippen LogP contribution >= 0.6 is 0 Å². The molecule has 0 bridgehead atoms. The normalized spacial score (nSPS) is 20.6. The molecule has 9 nitrogen and oxygen atoms in total. The van der Waals surface area contributed by atoms with Crippen molar-refractivity contribution in [2.45, 2.75) is 31.7 Å². The van der Waals surface area contributed by atoms with Crippen molar-refractivity contribution >= 4 is 5.52 Å². The molecular weight excluding hydrogens is 378 g/mol. The Morgan fingerprint density at radius 2 is 2.03 bits per heavy atom. The van der Waals surface area contributed by atoms with Gasteiger partial charge in [-0.15, -0.1) is 0 Å². The third-order valence-corrected chi connectivity index (χ3v) is 5.87. The SMILES string of the molecule is Cc1nn(C2(CC#N)CC(C#N)C2)cc1-c1nc(-c2cnn(C)c2)cn2nccc12. The van der Waals surface area contributed by atoms with E-state index in [1.807, 2.05) is 47.8 Å². The maximum absolute atomic E-state index is 9.35. The summed E-state index contributed by atoms with van der Waals surface area (Å²) in [4.78, 5) is 4.92. The molecule has 30 heavy (non-hydrogen) atoms. The van der Waals surface area contributed by atoms with Crippen molar-refractivity contribution in [2.75, 3.05) is 0 Å². The number of hydrogen-bond acceptors (Lipinski definition) is 6. The van der Waals surface area contributed by atoms with Crippen molar-refractivity contribution < 1.29 is 0 Å². The third-order valence-electron chi connectivity index (χ3n) is 5.87. The van der Waals surface area contributed by atoms with Crippen LogP contribution in [0.15, 0.2) is 37.1 Å². The number of aryl methyl sites for hydroxylation is 2. The maximum atomic E-state index is 9.35. The molecule has 4 aromatic heterocycles. The number of rotatable bonds is 4. The van der Waals surface area contributed by atoms with E-state index in [1.54, 1.807) is 17.1 Å². The lowest BCUT2D eigenvalue weighted by Gasteiger charge is -2.43. The second kappa shape index (κ2) is 6.53. The van der Waals surface area contributed by atoms with Gasteiger partial charge in [-0.2, -0.15) is 25.8 Å². The van der Waals surface area contributed by atoms with Crippen molar-refractivity contribution in [3.8, 4) is 34.7 Å². The largest absolute Gasteiger partial charge is 0.275 e. The minimum atomic E-state index is -0.421. The Morgan fingerprint density at radius 3 is 2.73 bits per heavy atom. The minimum Gasteiger partial charge on any atom is -0.275 e. The first-order chi connectivity index (χ1) is 14.5. The van der Waals surface area contributed by atoms with Gasteiger partial charge in [-0.05, 0) is 25.8 Å². The standard InChI is InChI=1S/C21H19N9/c1-14-17(12-30(27-14)21(4-5-22)7-15(8-21)9-23)20-19-3-6-24-29(19)13-18(26-20)16-10-25-28(2)11-16/h3,6,10-13,15H,4,7-8H2,1-2H3. The van der Waals surface area contributed by atoms with Crippen LogP contribution in [-0.4, -0.2) is 34.2 Å². The number of aromatic nitrogens is 7. The minimum absolute atomic E-state index is 0.0279. The number of nitriles is 2. The summed E-state index contributed by atoms with van der Waals surface area (Å²) >= 11 is 0. The van der Waals surface area contributed by atoms with Crippen LogP contribution in [-0.2, 0) is 12.6 Å². The van der Waals surface area contributed by atoms with Crippen LogP contribution in [0.25, 0.3) is 28.0 Å². The predicted molar refractivity (Wildman–Crippen MR) is 108 cm³/mol. The van der Waals surface area contributed by atoms with Gasteiger partial charge in [-0.25, -0.2) is 9.50 Å². The molecule has 0 atom stereocenters. The van der Waals surface area contributed by atoms with Gasteiger partial charge in [-0.3, -0.25) is 9.36 Å². The van der Waals surface area contributed by atoms with Gasteiger partial charge in [0, 0.05) is 30.6 Å². The van der Waals surface area contributed by atoms with Gasteiger partial charge in [0.15, 0.2) is 0 Å². The zero-order chi connectivity index (χ0) is 20.9. The molecule has 1 saturated carbocycles. The fraction of sp³-hybridized carbons (Fsp3) is 0.333. The molecule has 0 saturated heterocycles. The maximum Gasteiger partial charge on any atom is 0.100 e. The Bertz CT molecular complexity index is 1330. The molecule has 0 N–H and O–H groups in total. The van der Waals surface area contributed by atoms with Crippen LogP contribution in [0.1, 0.15) is 25.0 Å². The number of nitrogens with zero attached hydrogens (tertiary/aromatic N) is 9. The third kappa shape index (κ3) is 2.67. The van der Waals surface area contributed by atoms with Gasteiger partial charge in [0.2, 0.25) is 0 Å². The smallest absolute Gasteiger partial charge is 0.100 e. The molecule has 0 aliphatic heterocycles. The predicted octanol–water partition coefficient (Wildman–Crippen LogP) is 2.84. The zero-order valence-corrected chi connectivity index (χ0v) is 16.7. The summed E-state index contributed by atoms with van der Waals surface area (Å²) in [5, 5.41) is 32.0. The van der Waals surface area contributed by atoms with Crippen LogP contribution in [0, 0.1) is 35.5 Å². The fourth-order valence-corrected chi connectivity index (χ4v) is 4.26. The lowest BCUT2D eigenvalue weighted by molar-refractivity contribution is 0.0878. The van der Waals surface area contributed by atoms with Crippen molar-refractivity contribution in [3.05, 3.63) is 42.7 Å². The van der Waals surface area contributed by atoms with Gasteiger partial charge < -0.3 is 0 Å². The second-order valence-corrected chi connectivity index (χ2v) is 7.90. The van der Waals surface area contributed by atoms with E-state index in [1.165, 1.54) is 0 Å². The number of hydrogen-bond donors (Lipinski definition) is 0. The van der Waals surface area contributed by atoms with Gasteiger partial charge in [-0.1, -0.05) is 0 Å². The van der Waals surface area contributed by atoms with Crippen molar-refractivity contribution in [2.24, 2.45) is 13.0 Å². The average Bonchev–Trinajstić information content (AvgIpc) is 3.43. The van der Waals surface area contributed by atoms with Crippen molar-refractivity contribution in [3.63, 3.8) is 0 Å². The average molecular weight is 397 g/mol. The highest BCUT2D eigenvalue weighted by molar-refractivity contribution is 5.79. The highest BCUT2D eigenvalue weighted by Gasteiger charge is 2.47. The van der Waals surface area contributed by atoms with E-state index in [-0.39, 0.29) is 5.92 Å². The fourth-order valence-electron chi connectivity index (χ4n) is 4.26. The molecule has 0 aromatic carbocycles. The van der Waals surface area contributed by atoms with Crippen LogP contribution in [0.4, 0.5) is 0 Å². The van der Waals surface area contributed by atoms with Crippen molar-refractivity contribution in [1.29, 1.82) is 10.5 Å². The molecule has 0 amide bonds. The highest BCUT2D eigenvalue weighted by atomic mass is 15.3. The van der Waals surface area contributed by atoms with Gasteiger partial charge in [0.25, 0.3) is 0 Å². The molecule has 4 aromatic rings. The van der Waals surface area contributed by atoms with E-state index in [0.717, 1.165) is 33.7 Å². The van der Waals surface area contributed by atoms with E-state index in [2.05, 4.69) is 22.3 Å². The molecule has 9 heteroatoms. The summed E-state index contributed by atoms with van der Waals surface area (Å²) in [6, 6.07) is 6.50. The first kappa shape index (κ1) is 18.1. The Kier molecular flexibility index (Phi) is 3.93. The Hall–Kier alpha value is -3.98. The molecule has 5 rings (SSSR count). The van der Waals surface area contributed by atoms with Gasteiger partial charge in [0.05, 0.1) is 65.5 Å². The quantitative estimate of drug-likeness (QED) is 0.523. The highest BCUT2D eigenvalue weighted by Crippen LogP contribution is 2.46. The van der Waals surface area contributed by atoms with E-state index in [0.29, 0.717) is 19.3 Å². The lowest BCUT2D eigenvalue weighted by Crippen LogP contribution is -2.46. The summed E-state index contributed by atoms with van der Waals surface area (Å²) in [5.74, 6) is -0.0279. The molecule has 1 fully saturated rings. The molecule has 4 heterocycles. The van der Waals surface area contributed by atoms with Crippen LogP contribution in [0.3, 0.4) is 0 Å². The lowest BCUT2D eigenvalue weighted by atomic mass is 9.67. The summed E-state index contributed by atoms with van der Waals surface area (Å²) in [6.45, 7) is 1.94. The van der Waals surface area contributed by atoms with Crippen molar-refractivity contribution in [1.82, 2.24) is 34.2 Å². The van der Waals surface area contributed by atoms with Crippen LogP contribution < -0.4 is 0 Å².